The number of hydrogen-bond donors (Lipinski definition) is 0. The minimum Gasteiger partial charge on any atom is -0.466 e. The first-order chi connectivity index (χ1) is 10.3. The van der Waals surface area contributed by atoms with Gasteiger partial charge in [-0.15, -0.1) is 0 Å². The molecule has 0 saturated carbocycles. The maximum Gasteiger partial charge on any atom is 0.306 e. The van der Waals surface area contributed by atoms with Crippen molar-refractivity contribution < 1.29 is 9.53 Å². The highest BCUT2D eigenvalue weighted by Gasteiger charge is 2.05. The third-order valence-corrected chi connectivity index (χ3v) is 3.47. The molecule has 0 saturated heterocycles. The molecule has 21 heavy (non-hydrogen) atoms. The van der Waals surface area contributed by atoms with Crippen molar-refractivity contribution in [3.8, 4) is 0 Å². The maximum absolute atomic E-state index is 11.6. The Bertz CT molecular complexity index is 549. The SMILES string of the molecule is Cn1nccc1CCC(=O)OCCCCc1ccccc1. The average molecular weight is 286 g/mol. The summed E-state index contributed by atoms with van der Waals surface area (Å²) in [6.07, 6.45) is 5.82. The van der Waals surface area contributed by atoms with Gasteiger partial charge in [0.2, 0.25) is 0 Å². The molecule has 0 radical (unpaired) electrons. The number of ether oxygens (including phenoxy) is 1. The third-order valence-electron chi connectivity index (χ3n) is 3.47. The number of carbonyl (C=O) groups is 1. The largest absolute Gasteiger partial charge is 0.466 e. The van der Waals surface area contributed by atoms with Crippen molar-refractivity contribution in [2.45, 2.75) is 32.1 Å². The Hall–Kier alpha value is -2.10. The van der Waals surface area contributed by atoms with Crippen molar-refractivity contribution in [2.24, 2.45) is 7.05 Å². The topological polar surface area (TPSA) is 44.1 Å². The van der Waals surface area contributed by atoms with Gasteiger partial charge < -0.3 is 4.74 Å². The lowest BCUT2D eigenvalue weighted by Gasteiger charge is -2.05. The highest BCUT2D eigenvalue weighted by molar-refractivity contribution is 5.69. The number of esters is 1. The van der Waals surface area contributed by atoms with E-state index in [-0.39, 0.29) is 5.97 Å². The monoisotopic (exact) mass is 286 g/mol. The van der Waals surface area contributed by atoms with Crippen LogP contribution in [0.5, 0.6) is 0 Å². The van der Waals surface area contributed by atoms with Gasteiger partial charge in [0, 0.05) is 18.9 Å². The summed E-state index contributed by atoms with van der Waals surface area (Å²) in [6.45, 7) is 0.511. The van der Waals surface area contributed by atoms with E-state index >= 15 is 0 Å². The summed E-state index contributed by atoms with van der Waals surface area (Å²) >= 11 is 0. The van der Waals surface area contributed by atoms with E-state index in [0.717, 1.165) is 25.0 Å². The highest BCUT2D eigenvalue weighted by atomic mass is 16.5. The van der Waals surface area contributed by atoms with Gasteiger partial charge in [-0.3, -0.25) is 9.48 Å². The lowest BCUT2D eigenvalue weighted by molar-refractivity contribution is -0.143. The predicted octanol–water partition coefficient (Wildman–Crippen LogP) is 2.92. The van der Waals surface area contributed by atoms with Crippen LogP contribution in [-0.4, -0.2) is 22.4 Å². The van der Waals surface area contributed by atoms with Crippen LogP contribution in [0.25, 0.3) is 0 Å². The molecule has 0 unspecified atom stereocenters. The maximum atomic E-state index is 11.6. The van der Waals surface area contributed by atoms with Crippen LogP contribution in [0.3, 0.4) is 0 Å². The zero-order valence-electron chi connectivity index (χ0n) is 12.5. The fourth-order valence-corrected chi connectivity index (χ4v) is 2.21. The summed E-state index contributed by atoms with van der Waals surface area (Å²) in [4.78, 5) is 11.6. The van der Waals surface area contributed by atoms with Gasteiger partial charge in [0.25, 0.3) is 0 Å². The van der Waals surface area contributed by atoms with Crippen molar-refractivity contribution in [3.63, 3.8) is 0 Å². The first kappa shape index (κ1) is 15.3. The van der Waals surface area contributed by atoms with Crippen LogP contribution in [0.1, 0.15) is 30.5 Å². The molecular weight excluding hydrogens is 264 g/mol. The molecule has 0 spiro atoms. The summed E-state index contributed by atoms with van der Waals surface area (Å²) in [5.41, 5.74) is 2.39. The van der Waals surface area contributed by atoms with Gasteiger partial charge in [-0.05, 0) is 37.3 Å². The van der Waals surface area contributed by atoms with Gasteiger partial charge in [0.1, 0.15) is 0 Å². The van der Waals surface area contributed by atoms with E-state index in [1.54, 1.807) is 10.9 Å². The lowest BCUT2D eigenvalue weighted by Crippen LogP contribution is -2.09. The minimum absolute atomic E-state index is 0.129. The van der Waals surface area contributed by atoms with Gasteiger partial charge in [-0.25, -0.2) is 0 Å². The number of rotatable bonds is 8. The molecule has 0 fully saturated rings. The fraction of sp³-hybridized carbons (Fsp3) is 0.412. The summed E-state index contributed by atoms with van der Waals surface area (Å²) in [6, 6.07) is 12.3. The van der Waals surface area contributed by atoms with E-state index in [9.17, 15) is 4.79 Å². The molecule has 4 heteroatoms. The van der Waals surface area contributed by atoms with Crippen molar-refractivity contribution in [1.82, 2.24) is 9.78 Å². The molecule has 2 aromatic rings. The van der Waals surface area contributed by atoms with Crippen molar-refractivity contribution in [3.05, 3.63) is 53.9 Å². The number of aryl methyl sites for hydroxylation is 3. The van der Waals surface area contributed by atoms with E-state index in [2.05, 4.69) is 17.2 Å². The van der Waals surface area contributed by atoms with Crippen LogP contribution < -0.4 is 0 Å². The lowest BCUT2D eigenvalue weighted by atomic mass is 10.1. The smallest absolute Gasteiger partial charge is 0.306 e. The van der Waals surface area contributed by atoms with Gasteiger partial charge in [0.05, 0.1) is 13.0 Å². The van der Waals surface area contributed by atoms with Crippen LogP contribution in [0.4, 0.5) is 0 Å². The number of hydrogen-bond acceptors (Lipinski definition) is 3. The molecule has 1 aromatic carbocycles. The molecule has 1 heterocycles. The van der Waals surface area contributed by atoms with E-state index in [4.69, 9.17) is 4.74 Å². The minimum atomic E-state index is -0.129. The molecular formula is C17H22N2O2. The normalized spacial score (nSPS) is 10.5. The Balaban J connectivity index is 1.54. The molecule has 112 valence electrons. The van der Waals surface area contributed by atoms with E-state index in [0.29, 0.717) is 19.4 Å². The van der Waals surface area contributed by atoms with E-state index < -0.39 is 0 Å². The summed E-state index contributed by atoms with van der Waals surface area (Å²) < 4.78 is 7.03. The van der Waals surface area contributed by atoms with Gasteiger partial charge >= 0.3 is 5.97 Å². The second-order valence-electron chi connectivity index (χ2n) is 5.11. The second-order valence-corrected chi connectivity index (χ2v) is 5.11. The van der Waals surface area contributed by atoms with Gasteiger partial charge in [-0.1, -0.05) is 30.3 Å². The number of unbranched alkanes of at least 4 members (excludes halogenated alkanes) is 1. The molecule has 0 bridgehead atoms. The Labute approximate surface area is 125 Å². The Kier molecular flexibility index (Phi) is 6.00. The van der Waals surface area contributed by atoms with Gasteiger partial charge in [-0.2, -0.15) is 5.10 Å². The third kappa shape index (κ3) is 5.42. The summed E-state index contributed by atoms with van der Waals surface area (Å²) in [5, 5.41) is 4.07. The standard InChI is InChI=1S/C17H22N2O2/c1-19-16(12-13-18-19)10-11-17(20)21-14-6-5-9-15-7-3-2-4-8-15/h2-4,7-8,12-13H,5-6,9-11,14H2,1H3. The fourth-order valence-electron chi connectivity index (χ4n) is 2.21. The predicted molar refractivity (Wildman–Crippen MR) is 81.9 cm³/mol. The molecule has 0 aliphatic carbocycles. The second kappa shape index (κ2) is 8.25. The number of carbonyl (C=O) groups excluding carboxylic acids is 1. The number of benzene rings is 1. The molecule has 0 aliphatic rings. The van der Waals surface area contributed by atoms with Crippen LogP contribution in [0.2, 0.25) is 0 Å². The van der Waals surface area contributed by atoms with Crippen molar-refractivity contribution >= 4 is 5.97 Å². The summed E-state index contributed by atoms with van der Waals surface area (Å²) in [7, 11) is 1.88. The molecule has 0 atom stereocenters. The molecule has 2 rings (SSSR count). The quantitative estimate of drug-likeness (QED) is 0.553. The van der Waals surface area contributed by atoms with Gasteiger partial charge in [0.15, 0.2) is 0 Å². The van der Waals surface area contributed by atoms with E-state index in [1.807, 2.05) is 31.3 Å². The van der Waals surface area contributed by atoms with Crippen LogP contribution in [-0.2, 0) is 29.4 Å². The first-order valence-corrected chi connectivity index (χ1v) is 7.42. The van der Waals surface area contributed by atoms with Crippen molar-refractivity contribution in [2.75, 3.05) is 6.61 Å². The molecule has 0 amide bonds. The Morgan fingerprint density at radius 1 is 1.14 bits per heavy atom. The van der Waals surface area contributed by atoms with Crippen LogP contribution >= 0.6 is 0 Å². The zero-order valence-corrected chi connectivity index (χ0v) is 12.5. The Morgan fingerprint density at radius 2 is 1.95 bits per heavy atom. The number of aromatic nitrogens is 2. The molecule has 0 N–H and O–H groups in total. The molecule has 1 aromatic heterocycles. The summed E-state index contributed by atoms with van der Waals surface area (Å²) in [5.74, 6) is -0.129. The highest BCUT2D eigenvalue weighted by Crippen LogP contribution is 2.06. The molecule has 0 aliphatic heterocycles. The van der Waals surface area contributed by atoms with Crippen LogP contribution in [0.15, 0.2) is 42.6 Å². The van der Waals surface area contributed by atoms with Crippen molar-refractivity contribution in [1.29, 1.82) is 0 Å². The Morgan fingerprint density at radius 3 is 2.67 bits per heavy atom. The first-order valence-electron chi connectivity index (χ1n) is 7.42. The van der Waals surface area contributed by atoms with Crippen LogP contribution in [0, 0.1) is 0 Å². The average Bonchev–Trinajstić information content (AvgIpc) is 2.91. The molecule has 4 nitrogen and oxygen atoms in total. The van der Waals surface area contributed by atoms with E-state index in [1.165, 1.54) is 5.56 Å². The number of nitrogens with zero attached hydrogens (tertiary/aromatic N) is 2. The zero-order chi connectivity index (χ0) is 14.9.